The van der Waals surface area contributed by atoms with Gasteiger partial charge in [-0.05, 0) is 43.2 Å². The van der Waals surface area contributed by atoms with Crippen LogP contribution in [0.25, 0.3) is 0 Å². The smallest absolute Gasteiger partial charge is 0.357 e. The molecule has 4 aliphatic rings. The molecule has 2 aliphatic heterocycles. The monoisotopic (exact) mass is 301 g/mol. The molecule has 22 heavy (non-hydrogen) atoms. The number of carbonyl (C=O) groups excluding carboxylic acids is 2. The molecule has 4 fully saturated rings. The summed E-state index contributed by atoms with van der Waals surface area (Å²) in [7, 11) is 0. The first-order chi connectivity index (χ1) is 10.7. The average Bonchev–Trinajstić information content (AvgIpc) is 3.39. The minimum absolute atomic E-state index is 0.0498. The summed E-state index contributed by atoms with van der Waals surface area (Å²) >= 11 is 0. The fourth-order valence-electron chi connectivity index (χ4n) is 4.26. The van der Waals surface area contributed by atoms with Crippen molar-refractivity contribution in [1.29, 1.82) is 0 Å². The van der Waals surface area contributed by atoms with E-state index in [0.29, 0.717) is 43.0 Å². The predicted molar refractivity (Wildman–Crippen MR) is 77.6 cm³/mol. The minimum atomic E-state index is -0.333. The maximum atomic E-state index is 12.1. The number of hydrogen-bond donors (Lipinski definition) is 0. The second kappa shape index (κ2) is 4.81. The van der Waals surface area contributed by atoms with Gasteiger partial charge >= 0.3 is 11.9 Å². The number of ether oxygens (including phenoxy) is 1. The first-order valence-corrected chi connectivity index (χ1v) is 7.89. The second-order valence-electron chi connectivity index (χ2n) is 6.31. The van der Waals surface area contributed by atoms with Gasteiger partial charge in [0.05, 0.1) is 17.6 Å². The average molecular weight is 301 g/mol. The van der Waals surface area contributed by atoms with Crippen LogP contribution in [-0.4, -0.2) is 36.7 Å². The SMILES string of the molecule is CCOC(=O)[C@@]12C3CN(OC(=O)c4ccccc4)CC[C@@H]1[C@H]32. The molecule has 5 nitrogen and oxygen atoms in total. The van der Waals surface area contributed by atoms with Gasteiger partial charge in [-0.15, -0.1) is 5.06 Å². The highest BCUT2D eigenvalue weighted by Gasteiger charge is 2.91. The molecule has 5 heteroatoms. The Kier molecular flexibility index (Phi) is 3.01. The predicted octanol–water partition coefficient (Wildman–Crippen LogP) is 1.89. The molecule has 2 saturated carbocycles. The van der Waals surface area contributed by atoms with E-state index >= 15 is 0 Å². The van der Waals surface area contributed by atoms with Gasteiger partial charge in [0, 0.05) is 13.1 Å². The molecule has 2 heterocycles. The van der Waals surface area contributed by atoms with Gasteiger partial charge in [0.15, 0.2) is 0 Å². The molecule has 0 spiro atoms. The van der Waals surface area contributed by atoms with E-state index in [2.05, 4.69) is 0 Å². The summed E-state index contributed by atoms with van der Waals surface area (Å²) in [5.41, 5.74) is 0.302. The van der Waals surface area contributed by atoms with Crippen LogP contribution in [0.15, 0.2) is 30.3 Å². The zero-order valence-electron chi connectivity index (χ0n) is 12.5. The minimum Gasteiger partial charge on any atom is -0.466 e. The summed E-state index contributed by atoms with van der Waals surface area (Å²) in [6, 6.07) is 8.98. The normalized spacial score (nSPS) is 35.0. The molecular formula is C17H19NO4. The van der Waals surface area contributed by atoms with Crippen molar-refractivity contribution in [2.45, 2.75) is 13.3 Å². The lowest BCUT2D eigenvalue weighted by Crippen LogP contribution is -2.30. The number of rotatable bonds is 4. The van der Waals surface area contributed by atoms with Gasteiger partial charge in [-0.3, -0.25) is 4.79 Å². The Hall–Kier alpha value is -1.88. The summed E-state index contributed by atoms with van der Waals surface area (Å²) in [6.45, 7) is 3.60. The number of hydroxylamine groups is 2. The lowest BCUT2D eigenvalue weighted by atomic mass is 9.95. The van der Waals surface area contributed by atoms with E-state index in [-0.39, 0.29) is 17.4 Å². The lowest BCUT2D eigenvalue weighted by Gasteiger charge is -2.19. The maximum Gasteiger partial charge on any atom is 0.357 e. The Morgan fingerprint density at radius 3 is 2.77 bits per heavy atom. The Morgan fingerprint density at radius 1 is 1.27 bits per heavy atom. The molecule has 2 bridgehead atoms. The van der Waals surface area contributed by atoms with Gasteiger partial charge in [-0.2, -0.15) is 0 Å². The van der Waals surface area contributed by atoms with Crippen molar-refractivity contribution in [3.8, 4) is 0 Å². The molecule has 1 unspecified atom stereocenters. The summed E-state index contributed by atoms with van der Waals surface area (Å²) < 4.78 is 5.22. The Labute approximate surface area is 129 Å². The number of benzene rings is 1. The highest BCUT2D eigenvalue weighted by Crippen LogP contribution is 2.86. The number of hydrogen-bond acceptors (Lipinski definition) is 5. The van der Waals surface area contributed by atoms with E-state index in [1.165, 1.54) is 0 Å². The van der Waals surface area contributed by atoms with Gasteiger partial charge in [-0.25, -0.2) is 4.79 Å². The number of carbonyl (C=O) groups is 2. The molecule has 4 atom stereocenters. The zero-order valence-corrected chi connectivity index (χ0v) is 12.5. The van der Waals surface area contributed by atoms with Crippen LogP contribution in [-0.2, 0) is 14.4 Å². The molecule has 116 valence electrons. The Morgan fingerprint density at radius 2 is 2.05 bits per heavy atom. The fraction of sp³-hybridized carbons (Fsp3) is 0.529. The summed E-state index contributed by atoms with van der Waals surface area (Å²) in [5, 5.41) is 1.72. The zero-order chi connectivity index (χ0) is 15.3. The van der Waals surface area contributed by atoms with Crippen LogP contribution in [0.2, 0.25) is 0 Å². The van der Waals surface area contributed by atoms with Crippen LogP contribution in [0.1, 0.15) is 23.7 Å². The summed E-state index contributed by atoms with van der Waals surface area (Å²) in [4.78, 5) is 29.7. The standard InChI is InChI=1S/C17H19NO4/c1-2-21-16(20)17-12-8-9-18(10-13(17)14(12)17)22-15(19)11-6-4-3-5-7-11/h3-7,12-14H,2,8-10H2,1H3/t12-,13?,14-,17-/m1/s1. The lowest BCUT2D eigenvalue weighted by molar-refractivity contribution is -0.149. The summed E-state index contributed by atoms with van der Waals surface area (Å²) in [6.07, 6.45) is 0.891. The molecule has 0 aromatic heterocycles. The molecular weight excluding hydrogens is 282 g/mol. The van der Waals surface area contributed by atoms with Crippen LogP contribution < -0.4 is 0 Å². The highest BCUT2D eigenvalue weighted by atomic mass is 16.7. The van der Waals surface area contributed by atoms with Crippen molar-refractivity contribution < 1.29 is 19.2 Å². The van der Waals surface area contributed by atoms with Crippen molar-refractivity contribution in [2.75, 3.05) is 19.7 Å². The second-order valence-corrected chi connectivity index (χ2v) is 6.31. The maximum absolute atomic E-state index is 12.1. The van der Waals surface area contributed by atoms with Gasteiger partial charge < -0.3 is 9.57 Å². The van der Waals surface area contributed by atoms with Crippen molar-refractivity contribution in [2.24, 2.45) is 23.2 Å². The molecule has 1 aromatic rings. The molecule has 2 aliphatic carbocycles. The third-order valence-electron chi connectivity index (χ3n) is 5.37. The van der Waals surface area contributed by atoms with Crippen LogP contribution >= 0.6 is 0 Å². The molecule has 1 aromatic carbocycles. The van der Waals surface area contributed by atoms with Crippen molar-refractivity contribution >= 4 is 11.9 Å². The van der Waals surface area contributed by atoms with E-state index in [1.807, 2.05) is 25.1 Å². The topological polar surface area (TPSA) is 55.8 Å². The van der Waals surface area contributed by atoms with Crippen LogP contribution in [0.3, 0.4) is 0 Å². The van der Waals surface area contributed by atoms with Crippen LogP contribution in [0, 0.1) is 23.2 Å². The van der Waals surface area contributed by atoms with Gasteiger partial charge in [0.2, 0.25) is 0 Å². The van der Waals surface area contributed by atoms with Crippen molar-refractivity contribution in [1.82, 2.24) is 5.06 Å². The van der Waals surface area contributed by atoms with Gasteiger partial charge in [-0.1, -0.05) is 18.2 Å². The molecule has 0 radical (unpaired) electrons. The van der Waals surface area contributed by atoms with Gasteiger partial charge in [0.1, 0.15) is 0 Å². The Bertz CT molecular complexity index is 610. The number of esters is 1. The Balaban J connectivity index is 1.39. The third kappa shape index (κ3) is 1.81. The molecule has 0 N–H and O–H groups in total. The first-order valence-electron chi connectivity index (χ1n) is 7.89. The third-order valence-corrected chi connectivity index (χ3v) is 5.37. The first kappa shape index (κ1) is 13.8. The van der Waals surface area contributed by atoms with Crippen LogP contribution in [0.5, 0.6) is 0 Å². The molecule has 5 rings (SSSR count). The molecule has 2 saturated heterocycles. The highest BCUT2D eigenvalue weighted by molar-refractivity contribution is 5.89. The van der Waals surface area contributed by atoms with E-state index in [0.717, 1.165) is 6.42 Å². The largest absolute Gasteiger partial charge is 0.466 e. The molecule has 0 amide bonds. The van der Waals surface area contributed by atoms with Crippen molar-refractivity contribution in [3.05, 3.63) is 35.9 Å². The van der Waals surface area contributed by atoms with E-state index in [1.54, 1.807) is 17.2 Å². The van der Waals surface area contributed by atoms with E-state index in [9.17, 15) is 9.59 Å². The van der Waals surface area contributed by atoms with E-state index < -0.39 is 0 Å². The van der Waals surface area contributed by atoms with E-state index in [4.69, 9.17) is 9.57 Å². The van der Waals surface area contributed by atoms with Gasteiger partial charge in [0.25, 0.3) is 0 Å². The van der Waals surface area contributed by atoms with Crippen molar-refractivity contribution in [3.63, 3.8) is 0 Å². The fourth-order valence-corrected chi connectivity index (χ4v) is 4.26. The number of nitrogens with zero attached hydrogens (tertiary/aromatic N) is 1. The quantitative estimate of drug-likeness (QED) is 0.795. The number of fused-ring (bicyclic) bond motifs is 3. The van der Waals surface area contributed by atoms with Crippen LogP contribution in [0.4, 0.5) is 0 Å². The summed E-state index contributed by atoms with van der Waals surface area (Å²) in [5.74, 6) is 0.790.